The molecule has 0 aliphatic carbocycles. The lowest BCUT2D eigenvalue weighted by molar-refractivity contribution is 0.0914. The molecule has 4 nitrogen and oxygen atoms in total. The fraction of sp³-hybridized carbons (Fsp3) is 0.467. The summed E-state index contributed by atoms with van der Waals surface area (Å²) in [4.78, 5) is 19.1. The number of amides is 1. The van der Waals surface area contributed by atoms with Gasteiger partial charge in [0.15, 0.2) is 0 Å². The molecule has 2 aromatic heterocycles. The normalized spacial score (nSPS) is 31.9. The standard InChI is InChI=1S/C15H17N3OS/c1-9-4-11-7-18(9)8-13(11)17-15(19)12-5-10-2-3-20-14(10)6-16-12/h2-3,5-6,9,11,13H,4,7-8H2,1H3,(H,17,19). The molecule has 5 heteroatoms. The third-order valence-electron chi connectivity index (χ3n) is 4.63. The van der Waals surface area contributed by atoms with Crippen molar-refractivity contribution >= 4 is 27.3 Å². The van der Waals surface area contributed by atoms with Crippen molar-refractivity contribution in [2.75, 3.05) is 13.1 Å². The fourth-order valence-electron chi connectivity index (χ4n) is 3.49. The molecule has 20 heavy (non-hydrogen) atoms. The third-order valence-corrected chi connectivity index (χ3v) is 5.49. The molecule has 2 fully saturated rings. The van der Waals surface area contributed by atoms with E-state index in [9.17, 15) is 4.79 Å². The van der Waals surface area contributed by atoms with Gasteiger partial charge >= 0.3 is 0 Å². The van der Waals surface area contributed by atoms with E-state index in [0.717, 1.165) is 23.2 Å². The Morgan fingerprint density at radius 1 is 1.50 bits per heavy atom. The average Bonchev–Trinajstić information content (AvgIpc) is 3.12. The van der Waals surface area contributed by atoms with Crippen molar-refractivity contribution in [3.8, 4) is 0 Å². The molecule has 4 unspecified atom stereocenters. The SMILES string of the molecule is CC1CC2CN1CC2NC(=O)c1cc2ccsc2cn1. The predicted molar refractivity (Wildman–Crippen MR) is 80.0 cm³/mol. The number of carbonyl (C=O) groups excluding carboxylic acids is 1. The van der Waals surface area contributed by atoms with Crippen molar-refractivity contribution in [2.24, 2.45) is 5.92 Å². The van der Waals surface area contributed by atoms with Crippen LogP contribution in [0.25, 0.3) is 10.1 Å². The van der Waals surface area contributed by atoms with Crippen molar-refractivity contribution < 1.29 is 4.79 Å². The topological polar surface area (TPSA) is 45.2 Å². The van der Waals surface area contributed by atoms with Crippen LogP contribution in [-0.4, -0.2) is 41.0 Å². The summed E-state index contributed by atoms with van der Waals surface area (Å²) in [5, 5.41) is 6.29. The van der Waals surface area contributed by atoms with Crippen LogP contribution < -0.4 is 5.32 Å². The molecule has 4 rings (SSSR count). The Labute approximate surface area is 121 Å². The number of nitrogens with zero attached hydrogens (tertiary/aromatic N) is 2. The van der Waals surface area contributed by atoms with Gasteiger partial charge in [0.1, 0.15) is 5.69 Å². The fourth-order valence-corrected chi connectivity index (χ4v) is 4.23. The van der Waals surface area contributed by atoms with Gasteiger partial charge in [-0.2, -0.15) is 0 Å². The van der Waals surface area contributed by atoms with Crippen molar-refractivity contribution in [1.82, 2.24) is 15.2 Å². The number of fused-ring (bicyclic) bond motifs is 3. The smallest absolute Gasteiger partial charge is 0.270 e. The van der Waals surface area contributed by atoms with Crippen molar-refractivity contribution in [1.29, 1.82) is 0 Å². The molecule has 2 aromatic rings. The Bertz CT molecular complexity index is 666. The highest BCUT2D eigenvalue weighted by Gasteiger charge is 2.42. The molecule has 0 saturated carbocycles. The summed E-state index contributed by atoms with van der Waals surface area (Å²) in [5.41, 5.74) is 0.529. The number of nitrogens with one attached hydrogen (secondary N) is 1. The van der Waals surface area contributed by atoms with Crippen LogP contribution >= 0.6 is 11.3 Å². The van der Waals surface area contributed by atoms with E-state index in [2.05, 4.69) is 22.1 Å². The molecule has 4 heterocycles. The summed E-state index contributed by atoms with van der Waals surface area (Å²) in [6.45, 7) is 4.38. The number of aromatic nitrogens is 1. The lowest BCUT2D eigenvalue weighted by Gasteiger charge is -2.27. The molecule has 2 aliphatic rings. The molecule has 1 N–H and O–H groups in total. The highest BCUT2D eigenvalue weighted by atomic mass is 32.1. The summed E-state index contributed by atoms with van der Waals surface area (Å²) in [7, 11) is 0. The van der Waals surface area contributed by atoms with Crippen LogP contribution in [0.2, 0.25) is 0 Å². The monoisotopic (exact) mass is 287 g/mol. The van der Waals surface area contributed by atoms with Crippen LogP contribution in [0.15, 0.2) is 23.7 Å². The number of hydrogen-bond donors (Lipinski definition) is 1. The number of carbonyl (C=O) groups is 1. The van der Waals surface area contributed by atoms with E-state index < -0.39 is 0 Å². The lowest BCUT2D eigenvalue weighted by atomic mass is 9.96. The van der Waals surface area contributed by atoms with Crippen LogP contribution in [0.1, 0.15) is 23.8 Å². The van der Waals surface area contributed by atoms with Gasteiger partial charge in [0.2, 0.25) is 0 Å². The summed E-state index contributed by atoms with van der Waals surface area (Å²) in [6.07, 6.45) is 2.99. The highest BCUT2D eigenvalue weighted by molar-refractivity contribution is 7.17. The van der Waals surface area contributed by atoms with Crippen molar-refractivity contribution in [3.05, 3.63) is 29.4 Å². The Kier molecular flexibility index (Phi) is 2.79. The van der Waals surface area contributed by atoms with Crippen molar-refractivity contribution in [3.63, 3.8) is 0 Å². The van der Waals surface area contributed by atoms with E-state index >= 15 is 0 Å². The summed E-state index contributed by atoms with van der Waals surface area (Å²) < 4.78 is 1.13. The molecule has 104 valence electrons. The van der Waals surface area contributed by atoms with Gasteiger partial charge in [0, 0.05) is 31.4 Å². The largest absolute Gasteiger partial charge is 0.346 e. The molecular formula is C15H17N3OS. The van der Waals surface area contributed by atoms with E-state index in [4.69, 9.17) is 0 Å². The first-order valence-electron chi connectivity index (χ1n) is 7.09. The van der Waals surface area contributed by atoms with Gasteiger partial charge in [0.05, 0.1) is 4.70 Å². The molecule has 1 amide bonds. The third kappa shape index (κ3) is 1.93. The van der Waals surface area contributed by atoms with E-state index in [-0.39, 0.29) is 5.91 Å². The van der Waals surface area contributed by atoms with E-state index in [1.165, 1.54) is 6.42 Å². The van der Waals surface area contributed by atoms with Crippen molar-refractivity contribution in [2.45, 2.75) is 25.4 Å². The first kappa shape index (κ1) is 12.3. The van der Waals surface area contributed by atoms with Crippen LogP contribution in [0.5, 0.6) is 0 Å². The van der Waals surface area contributed by atoms with E-state index in [1.54, 1.807) is 17.5 Å². The van der Waals surface area contributed by atoms with Gasteiger partial charge < -0.3 is 5.32 Å². The van der Waals surface area contributed by atoms with Crippen LogP contribution in [-0.2, 0) is 0 Å². The Morgan fingerprint density at radius 3 is 3.15 bits per heavy atom. The van der Waals surface area contributed by atoms with Crippen LogP contribution in [0.3, 0.4) is 0 Å². The molecule has 0 radical (unpaired) electrons. The molecular weight excluding hydrogens is 270 g/mol. The minimum Gasteiger partial charge on any atom is -0.346 e. The Balaban J connectivity index is 1.50. The van der Waals surface area contributed by atoms with E-state index in [0.29, 0.717) is 23.7 Å². The molecule has 2 aliphatic heterocycles. The van der Waals surface area contributed by atoms with Crippen LogP contribution in [0.4, 0.5) is 0 Å². The number of hydrogen-bond acceptors (Lipinski definition) is 4. The maximum Gasteiger partial charge on any atom is 0.270 e. The zero-order chi connectivity index (χ0) is 13.7. The number of thiophene rings is 1. The van der Waals surface area contributed by atoms with Gasteiger partial charge in [-0.1, -0.05) is 0 Å². The lowest BCUT2D eigenvalue weighted by Crippen LogP contribution is -2.45. The molecule has 0 spiro atoms. The second-order valence-corrected chi connectivity index (χ2v) is 6.85. The maximum atomic E-state index is 12.3. The minimum atomic E-state index is -0.0375. The molecule has 0 aromatic carbocycles. The molecule has 2 saturated heterocycles. The predicted octanol–water partition coefficient (Wildman–Crippen LogP) is 2.12. The van der Waals surface area contributed by atoms with Gasteiger partial charge in [-0.3, -0.25) is 9.69 Å². The van der Waals surface area contributed by atoms with Gasteiger partial charge in [-0.25, -0.2) is 4.98 Å². The first-order chi connectivity index (χ1) is 9.70. The first-order valence-corrected chi connectivity index (χ1v) is 7.97. The highest BCUT2D eigenvalue weighted by Crippen LogP contribution is 2.33. The molecule has 4 atom stereocenters. The Hall–Kier alpha value is -1.46. The van der Waals surface area contributed by atoms with Gasteiger partial charge in [-0.15, -0.1) is 11.3 Å². The zero-order valence-corrected chi connectivity index (χ0v) is 12.2. The second-order valence-electron chi connectivity index (χ2n) is 5.91. The summed E-state index contributed by atoms with van der Waals surface area (Å²) >= 11 is 1.65. The minimum absolute atomic E-state index is 0.0375. The quantitative estimate of drug-likeness (QED) is 0.920. The molecule has 2 bridgehead atoms. The maximum absolute atomic E-state index is 12.3. The summed E-state index contributed by atoms with van der Waals surface area (Å²) in [5.74, 6) is 0.573. The van der Waals surface area contributed by atoms with Gasteiger partial charge in [0.25, 0.3) is 5.91 Å². The second kappa shape index (κ2) is 4.53. The van der Waals surface area contributed by atoms with Gasteiger partial charge in [-0.05, 0) is 42.2 Å². The van der Waals surface area contributed by atoms with E-state index in [1.807, 2.05) is 17.5 Å². The number of rotatable bonds is 2. The average molecular weight is 287 g/mol. The Morgan fingerprint density at radius 2 is 2.40 bits per heavy atom. The summed E-state index contributed by atoms with van der Waals surface area (Å²) in [6, 6.07) is 4.88. The zero-order valence-electron chi connectivity index (χ0n) is 11.4. The number of piperidine rings is 1. The number of pyridine rings is 1. The van der Waals surface area contributed by atoms with Crippen LogP contribution in [0, 0.1) is 5.92 Å².